The van der Waals surface area contributed by atoms with E-state index >= 15 is 0 Å². The van der Waals surface area contributed by atoms with Crippen molar-refractivity contribution in [3.05, 3.63) is 55.9 Å². The van der Waals surface area contributed by atoms with Gasteiger partial charge in [0.1, 0.15) is 11.9 Å². The normalized spacial score (nSPS) is 12.8. The Bertz CT molecular complexity index is 489. The van der Waals surface area contributed by atoms with Crippen LogP contribution >= 0.6 is 27.3 Å². The number of hydrogen-bond donors (Lipinski definition) is 1. The van der Waals surface area contributed by atoms with Gasteiger partial charge in [0.2, 0.25) is 0 Å². The van der Waals surface area contributed by atoms with Crippen LogP contribution < -0.4 is 0 Å². The summed E-state index contributed by atoms with van der Waals surface area (Å²) in [5.41, 5.74) is 1.40. The predicted molar refractivity (Wildman–Crippen MR) is 67.2 cm³/mol. The number of benzene rings is 1. The molecule has 0 bridgehead atoms. The Labute approximate surface area is 106 Å². The van der Waals surface area contributed by atoms with Crippen molar-refractivity contribution in [2.24, 2.45) is 0 Å². The molecule has 0 radical (unpaired) electrons. The minimum absolute atomic E-state index is 0.315. The molecule has 1 heterocycles. The Morgan fingerprint density at radius 1 is 1.31 bits per heavy atom. The van der Waals surface area contributed by atoms with Gasteiger partial charge in [-0.15, -0.1) is 11.3 Å². The second kappa shape index (κ2) is 4.65. The first kappa shape index (κ1) is 11.8. The quantitative estimate of drug-likeness (QED) is 0.887. The van der Waals surface area contributed by atoms with Crippen molar-refractivity contribution in [1.82, 2.24) is 0 Å². The van der Waals surface area contributed by atoms with Crippen LogP contribution in [-0.4, -0.2) is 5.11 Å². The fraction of sp³-hybridized carbons (Fsp3) is 0.167. The van der Waals surface area contributed by atoms with Crippen LogP contribution in [0.5, 0.6) is 0 Å². The molecule has 4 heteroatoms. The molecule has 0 saturated heterocycles. The summed E-state index contributed by atoms with van der Waals surface area (Å²) in [4.78, 5) is 0.803. The lowest BCUT2D eigenvalue weighted by Gasteiger charge is -2.09. The summed E-state index contributed by atoms with van der Waals surface area (Å²) < 4.78 is 14.1. The zero-order valence-electron chi connectivity index (χ0n) is 8.58. The fourth-order valence-corrected chi connectivity index (χ4v) is 3.00. The van der Waals surface area contributed by atoms with E-state index in [9.17, 15) is 9.50 Å². The highest BCUT2D eigenvalue weighted by Gasteiger charge is 2.13. The van der Waals surface area contributed by atoms with Crippen LogP contribution in [0.25, 0.3) is 0 Å². The molecule has 1 aromatic carbocycles. The van der Waals surface area contributed by atoms with Crippen molar-refractivity contribution >= 4 is 27.3 Å². The molecule has 0 aliphatic heterocycles. The molecule has 2 aromatic rings. The molecule has 0 aliphatic carbocycles. The summed E-state index contributed by atoms with van der Waals surface area (Å²) in [6.07, 6.45) is -0.759. The lowest BCUT2D eigenvalue weighted by molar-refractivity contribution is 0.223. The number of aryl methyl sites for hydroxylation is 1. The van der Waals surface area contributed by atoms with Crippen LogP contribution in [0.15, 0.2) is 34.1 Å². The van der Waals surface area contributed by atoms with E-state index in [1.165, 1.54) is 23.5 Å². The highest BCUT2D eigenvalue weighted by molar-refractivity contribution is 9.11. The number of halogens is 2. The molecule has 1 unspecified atom stereocenters. The highest BCUT2D eigenvalue weighted by Crippen LogP contribution is 2.31. The molecule has 2 rings (SSSR count). The maximum atomic E-state index is 13.2. The van der Waals surface area contributed by atoms with E-state index in [1.807, 2.05) is 19.1 Å². The average molecular weight is 301 g/mol. The second-order valence-corrected chi connectivity index (χ2v) is 6.10. The van der Waals surface area contributed by atoms with Crippen LogP contribution in [0.4, 0.5) is 4.39 Å². The van der Waals surface area contributed by atoms with Crippen molar-refractivity contribution in [2.75, 3.05) is 0 Å². The maximum absolute atomic E-state index is 13.2. The van der Waals surface area contributed by atoms with Gasteiger partial charge in [0, 0.05) is 4.88 Å². The monoisotopic (exact) mass is 300 g/mol. The molecule has 1 aromatic heterocycles. The molecule has 1 nitrogen and oxygen atoms in total. The summed E-state index contributed by atoms with van der Waals surface area (Å²) in [6, 6.07) is 8.31. The molecular formula is C12H10BrFOS. The van der Waals surface area contributed by atoms with Crippen LogP contribution in [0, 0.1) is 12.7 Å². The molecule has 0 spiro atoms. The second-order valence-electron chi connectivity index (χ2n) is 3.61. The lowest BCUT2D eigenvalue weighted by Crippen LogP contribution is -1.98. The van der Waals surface area contributed by atoms with E-state index < -0.39 is 6.10 Å². The summed E-state index contributed by atoms with van der Waals surface area (Å²) in [5.74, 6) is -0.315. The minimum atomic E-state index is -0.759. The maximum Gasteiger partial charge on any atom is 0.123 e. The van der Waals surface area contributed by atoms with Crippen molar-refractivity contribution in [3.8, 4) is 0 Å². The standard InChI is InChI=1S/C12H10BrFOS/c1-7-4-8(6-9(14)5-7)12(15)10-2-3-11(13)16-10/h2-6,12,15H,1H3. The Balaban J connectivity index is 2.37. The van der Waals surface area contributed by atoms with E-state index in [-0.39, 0.29) is 5.82 Å². The van der Waals surface area contributed by atoms with Crippen LogP contribution in [0.3, 0.4) is 0 Å². The topological polar surface area (TPSA) is 20.2 Å². The van der Waals surface area contributed by atoms with Gasteiger partial charge in [-0.2, -0.15) is 0 Å². The van der Waals surface area contributed by atoms with E-state index in [2.05, 4.69) is 15.9 Å². The minimum Gasteiger partial charge on any atom is -0.383 e. The van der Waals surface area contributed by atoms with Crippen LogP contribution in [-0.2, 0) is 0 Å². The zero-order valence-corrected chi connectivity index (χ0v) is 11.0. The van der Waals surface area contributed by atoms with Gasteiger partial charge >= 0.3 is 0 Å². The summed E-state index contributed by atoms with van der Waals surface area (Å²) in [6.45, 7) is 1.81. The van der Waals surface area contributed by atoms with E-state index in [1.54, 1.807) is 6.07 Å². The van der Waals surface area contributed by atoms with Gasteiger partial charge in [0.25, 0.3) is 0 Å². The fourth-order valence-electron chi connectivity index (χ4n) is 1.56. The third-order valence-electron chi connectivity index (χ3n) is 2.24. The third kappa shape index (κ3) is 2.51. The van der Waals surface area contributed by atoms with Gasteiger partial charge in [-0.25, -0.2) is 4.39 Å². The molecule has 1 N–H and O–H groups in total. The predicted octanol–water partition coefficient (Wildman–Crippen LogP) is 4.04. The molecule has 0 aliphatic rings. The van der Waals surface area contributed by atoms with Gasteiger partial charge in [-0.05, 0) is 58.2 Å². The Hall–Kier alpha value is -0.710. The lowest BCUT2D eigenvalue weighted by atomic mass is 10.1. The number of rotatable bonds is 2. The van der Waals surface area contributed by atoms with Gasteiger partial charge in [-0.1, -0.05) is 6.07 Å². The zero-order chi connectivity index (χ0) is 11.7. The third-order valence-corrected chi connectivity index (χ3v) is 3.92. The van der Waals surface area contributed by atoms with Crippen molar-refractivity contribution < 1.29 is 9.50 Å². The summed E-state index contributed by atoms with van der Waals surface area (Å²) >= 11 is 4.78. The van der Waals surface area contributed by atoms with Crippen molar-refractivity contribution in [2.45, 2.75) is 13.0 Å². The molecule has 0 saturated carbocycles. The van der Waals surface area contributed by atoms with Crippen molar-refractivity contribution in [3.63, 3.8) is 0 Å². The number of aliphatic hydroxyl groups is 1. The first-order valence-electron chi connectivity index (χ1n) is 4.76. The Morgan fingerprint density at radius 2 is 2.06 bits per heavy atom. The number of aliphatic hydroxyl groups excluding tert-OH is 1. The van der Waals surface area contributed by atoms with Gasteiger partial charge in [0.15, 0.2) is 0 Å². The van der Waals surface area contributed by atoms with Crippen LogP contribution in [0.1, 0.15) is 22.1 Å². The molecule has 84 valence electrons. The van der Waals surface area contributed by atoms with Gasteiger partial charge in [0.05, 0.1) is 3.79 Å². The first-order chi connectivity index (χ1) is 7.56. The molecular weight excluding hydrogens is 291 g/mol. The molecule has 16 heavy (non-hydrogen) atoms. The van der Waals surface area contributed by atoms with E-state index in [4.69, 9.17) is 0 Å². The SMILES string of the molecule is Cc1cc(F)cc(C(O)c2ccc(Br)s2)c1. The Morgan fingerprint density at radius 3 is 2.62 bits per heavy atom. The average Bonchev–Trinajstić information content (AvgIpc) is 2.62. The van der Waals surface area contributed by atoms with Crippen molar-refractivity contribution in [1.29, 1.82) is 0 Å². The van der Waals surface area contributed by atoms with Crippen LogP contribution in [0.2, 0.25) is 0 Å². The Kier molecular flexibility index (Phi) is 3.42. The summed E-state index contributed by atoms with van der Waals surface area (Å²) in [7, 11) is 0. The highest BCUT2D eigenvalue weighted by atomic mass is 79.9. The van der Waals surface area contributed by atoms with Gasteiger partial charge < -0.3 is 5.11 Å². The smallest absolute Gasteiger partial charge is 0.123 e. The first-order valence-corrected chi connectivity index (χ1v) is 6.37. The summed E-state index contributed by atoms with van der Waals surface area (Å²) in [5, 5.41) is 10.1. The molecule has 0 amide bonds. The number of hydrogen-bond acceptors (Lipinski definition) is 2. The molecule has 0 fully saturated rings. The number of thiophene rings is 1. The van der Waals surface area contributed by atoms with E-state index in [0.717, 1.165) is 14.2 Å². The largest absolute Gasteiger partial charge is 0.383 e. The van der Waals surface area contributed by atoms with E-state index in [0.29, 0.717) is 5.56 Å². The van der Waals surface area contributed by atoms with Gasteiger partial charge in [-0.3, -0.25) is 0 Å². The molecule has 1 atom stereocenters.